The maximum Gasteiger partial charge on any atom is 0.293 e. The molecule has 0 spiro atoms. The van der Waals surface area contributed by atoms with Crippen molar-refractivity contribution in [2.24, 2.45) is 11.8 Å². The van der Waals surface area contributed by atoms with Crippen LogP contribution >= 0.6 is 11.6 Å². The molecule has 0 bridgehead atoms. The van der Waals surface area contributed by atoms with E-state index < -0.39 is 71.6 Å². The number of nitriles is 1. The van der Waals surface area contributed by atoms with Crippen LogP contribution in [0, 0.1) is 34.8 Å². The molecule has 1 saturated carbocycles. The van der Waals surface area contributed by atoms with Crippen molar-refractivity contribution in [3.63, 3.8) is 0 Å². The molecular weight excluding hydrogens is 648 g/mol. The normalized spacial score (nSPS) is 19.8. The van der Waals surface area contributed by atoms with E-state index in [1.54, 1.807) is 19.1 Å². The summed E-state index contributed by atoms with van der Waals surface area (Å²) in [6.45, 7) is 0.725. The molecular formula is C32H22ClF6N7O. The number of aromatic amines is 1. The summed E-state index contributed by atoms with van der Waals surface area (Å²) in [7, 11) is 0. The predicted octanol–water partition coefficient (Wildman–Crippen LogP) is 7.12. The lowest BCUT2D eigenvalue weighted by molar-refractivity contribution is -0.123. The number of H-pyrrole nitrogens is 1. The summed E-state index contributed by atoms with van der Waals surface area (Å²) in [5, 5.41) is 23.0. The molecule has 1 amide bonds. The number of hydrogen-bond donors (Lipinski definition) is 2. The monoisotopic (exact) mass is 669 g/mol. The molecule has 2 aromatic carbocycles. The lowest BCUT2D eigenvalue weighted by Gasteiger charge is -2.23. The summed E-state index contributed by atoms with van der Waals surface area (Å²) in [6.07, 6.45) is -1.93. The van der Waals surface area contributed by atoms with Gasteiger partial charge in [0.2, 0.25) is 5.91 Å². The van der Waals surface area contributed by atoms with Crippen LogP contribution in [0.5, 0.6) is 0 Å². The first-order chi connectivity index (χ1) is 22.4. The molecule has 0 aliphatic heterocycles. The van der Waals surface area contributed by atoms with Crippen molar-refractivity contribution in [3.05, 3.63) is 99.1 Å². The van der Waals surface area contributed by atoms with Gasteiger partial charge in [-0.2, -0.15) is 24.2 Å². The van der Waals surface area contributed by atoms with Crippen molar-refractivity contribution in [2.45, 2.75) is 44.2 Å². The first-order valence-corrected chi connectivity index (χ1v) is 14.8. The van der Waals surface area contributed by atoms with E-state index in [0.717, 1.165) is 12.1 Å². The van der Waals surface area contributed by atoms with Crippen LogP contribution in [0.2, 0.25) is 5.02 Å². The van der Waals surface area contributed by atoms with Crippen LogP contribution in [0.4, 0.5) is 26.3 Å². The highest BCUT2D eigenvalue weighted by molar-refractivity contribution is 6.31. The number of carbonyl (C=O) groups excluding carboxylic acids is 1. The Hall–Kier alpha value is -4.90. The number of halogens is 7. The van der Waals surface area contributed by atoms with Gasteiger partial charge < -0.3 is 5.32 Å². The summed E-state index contributed by atoms with van der Waals surface area (Å²) >= 11 is 6.16. The zero-order valence-corrected chi connectivity index (χ0v) is 25.0. The van der Waals surface area contributed by atoms with Gasteiger partial charge in [0.15, 0.2) is 0 Å². The van der Waals surface area contributed by atoms with Crippen LogP contribution < -0.4 is 5.32 Å². The SMILES string of the molecule is C[C@H]1C2[C@H]1c1c(C(F)F)nn(CC(=O)N[C@@H](Cc3cc(F)cc(F)c3)c3nc4cn[nH]c4cc3-c3ccc(Cl)c(C#N)c3)c1C2(F)F. The van der Waals surface area contributed by atoms with E-state index in [-0.39, 0.29) is 33.8 Å². The maximum absolute atomic E-state index is 15.4. The van der Waals surface area contributed by atoms with Gasteiger partial charge >= 0.3 is 0 Å². The second-order valence-corrected chi connectivity index (χ2v) is 12.2. The topological polar surface area (TPSA) is 112 Å². The largest absolute Gasteiger partial charge is 0.346 e. The minimum Gasteiger partial charge on any atom is -0.346 e. The average Bonchev–Trinajstić information content (AvgIpc) is 3.28. The summed E-state index contributed by atoms with van der Waals surface area (Å²) in [5.74, 6) is -8.54. The molecule has 3 aromatic heterocycles. The molecule has 2 N–H and O–H groups in total. The molecule has 1 fully saturated rings. The number of carbonyl (C=O) groups is 1. The van der Waals surface area contributed by atoms with Crippen molar-refractivity contribution in [3.8, 4) is 17.2 Å². The van der Waals surface area contributed by atoms with Crippen LogP contribution in [0.15, 0.2) is 48.7 Å². The van der Waals surface area contributed by atoms with Crippen molar-refractivity contribution < 1.29 is 31.1 Å². The Bertz CT molecular complexity index is 2100. The average molecular weight is 670 g/mol. The number of aromatic nitrogens is 5. The number of amides is 1. The molecule has 2 aliphatic carbocycles. The molecule has 240 valence electrons. The summed E-state index contributed by atoms with van der Waals surface area (Å²) in [4.78, 5) is 18.3. The molecule has 3 heterocycles. The molecule has 4 atom stereocenters. The quantitative estimate of drug-likeness (QED) is 0.171. The Morgan fingerprint density at radius 1 is 1.15 bits per heavy atom. The standard InChI is InChI=1S/C32H22ClF6N7O/c1-13-25-26-29(31(36)37)45-46(30(26)32(38,39)27(13)25)12-24(47)42-22(6-14-4-17(34)8-18(35)5-14)28-19(9-21-23(43-28)11-41-44-21)15-2-3-20(33)16(7-15)10-40/h2-5,7-9,11,13,22,25,27,31H,6,12H2,1H3,(H,41,44)(H,42,47)/t13-,22+,25-,27?/m1/s1. The summed E-state index contributed by atoms with van der Waals surface area (Å²) in [5.41, 5.74) is 0.445. The molecule has 7 rings (SSSR count). The molecule has 15 heteroatoms. The second-order valence-electron chi connectivity index (χ2n) is 11.8. The number of nitrogens with one attached hydrogen (secondary N) is 2. The van der Waals surface area contributed by atoms with Gasteiger partial charge in [0.1, 0.15) is 41.2 Å². The van der Waals surface area contributed by atoms with Crippen LogP contribution in [0.1, 0.15) is 59.1 Å². The Morgan fingerprint density at radius 3 is 2.60 bits per heavy atom. The molecule has 1 unspecified atom stereocenters. The zero-order chi connectivity index (χ0) is 33.4. The van der Waals surface area contributed by atoms with Gasteiger partial charge in [-0.15, -0.1) is 0 Å². The fourth-order valence-electron chi connectivity index (χ4n) is 6.79. The lowest BCUT2D eigenvalue weighted by Crippen LogP contribution is -2.35. The van der Waals surface area contributed by atoms with E-state index in [9.17, 15) is 27.6 Å². The smallest absolute Gasteiger partial charge is 0.293 e. The highest BCUT2D eigenvalue weighted by Gasteiger charge is 2.71. The number of nitrogens with zero attached hydrogens (tertiary/aromatic N) is 5. The van der Waals surface area contributed by atoms with Crippen LogP contribution in [0.3, 0.4) is 0 Å². The van der Waals surface area contributed by atoms with Gasteiger partial charge in [-0.05, 0) is 53.8 Å². The van der Waals surface area contributed by atoms with E-state index in [4.69, 9.17) is 11.6 Å². The van der Waals surface area contributed by atoms with E-state index in [1.807, 2.05) is 6.07 Å². The van der Waals surface area contributed by atoms with Crippen molar-refractivity contribution in [1.29, 1.82) is 5.26 Å². The molecule has 0 radical (unpaired) electrons. The minimum atomic E-state index is -3.47. The van der Waals surface area contributed by atoms with Crippen LogP contribution in [-0.2, 0) is 23.7 Å². The van der Waals surface area contributed by atoms with E-state index in [1.165, 1.54) is 18.3 Å². The predicted molar refractivity (Wildman–Crippen MR) is 156 cm³/mol. The van der Waals surface area contributed by atoms with Gasteiger partial charge in [-0.1, -0.05) is 24.6 Å². The van der Waals surface area contributed by atoms with E-state index in [0.29, 0.717) is 32.9 Å². The number of rotatable bonds is 8. The van der Waals surface area contributed by atoms with Gasteiger partial charge in [0.25, 0.3) is 12.3 Å². The van der Waals surface area contributed by atoms with Crippen LogP contribution in [-0.4, -0.2) is 30.9 Å². The summed E-state index contributed by atoms with van der Waals surface area (Å²) < 4.78 is 87.8. The Kier molecular flexibility index (Phi) is 7.27. The Balaban J connectivity index is 1.31. The van der Waals surface area contributed by atoms with E-state index >= 15 is 8.78 Å². The Morgan fingerprint density at radius 2 is 1.89 bits per heavy atom. The van der Waals surface area contributed by atoms with Crippen molar-refractivity contribution in [2.75, 3.05) is 0 Å². The zero-order valence-electron chi connectivity index (χ0n) is 24.2. The number of alkyl halides is 4. The van der Waals surface area contributed by atoms with Crippen LogP contribution in [0.25, 0.3) is 22.2 Å². The third kappa shape index (κ3) is 5.18. The van der Waals surface area contributed by atoms with Gasteiger partial charge in [0.05, 0.1) is 34.0 Å². The highest BCUT2D eigenvalue weighted by Crippen LogP contribution is 2.71. The third-order valence-corrected chi connectivity index (χ3v) is 9.17. The number of pyridine rings is 1. The van der Waals surface area contributed by atoms with Gasteiger partial charge in [-0.25, -0.2) is 22.5 Å². The first kappa shape index (κ1) is 30.7. The third-order valence-electron chi connectivity index (χ3n) is 8.84. The Labute approximate surface area is 267 Å². The maximum atomic E-state index is 15.4. The number of fused-ring (bicyclic) bond motifs is 4. The molecule has 47 heavy (non-hydrogen) atoms. The van der Waals surface area contributed by atoms with E-state index in [2.05, 4.69) is 25.6 Å². The lowest BCUT2D eigenvalue weighted by atomic mass is 9.94. The first-order valence-electron chi connectivity index (χ1n) is 14.4. The number of hydrogen-bond acceptors (Lipinski definition) is 5. The highest BCUT2D eigenvalue weighted by atomic mass is 35.5. The van der Waals surface area contributed by atoms with Gasteiger partial charge in [0, 0.05) is 29.0 Å². The second kappa shape index (κ2) is 11.1. The molecule has 8 nitrogen and oxygen atoms in total. The summed E-state index contributed by atoms with van der Waals surface area (Å²) in [6, 6.07) is 9.92. The van der Waals surface area contributed by atoms with Gasteiger partial charge in [-0.3, -0.25) is 14.6 Å². The van der Waals surface area contributed by atoms with Crippen molar-refractivity contribution in [1.82, 2.24) is 30.3 Å². The van der Waals surface area contributed by atoms with Crippen molar-refractivity contribution >= 4 is 28.5 Å². The molecule has 0 saturated heterocycles. The molecule has 5 aromatic rings. The fraction of sp³-hybridized carbons (Fsp3) is 0.281. The molecule has 2 aliphatic rings. The number of benzene rings is 2. The fourth-order valence-corrected chi connectivity index (χ4v) is 6.95. The minimum absolute atomic E-state index is 0.127.